The number of anilines is 1. The molecular weight excluding hydrogens is 310 g/mol. The van der Waals surface area contributed by atoms with Crippen molar-refractivity contribution in [3.8, 4) is 0 Å². The Balaban J connectivity index is 2.41. The second kappa shape index (κ2) is 7.78. The molecule has 2 amide bonds. The number of amides is 2. The molecule has 1 aromatic carbocycles. The number of nitrogens with two attached hydrogens (primary N) is 1. The maximum absolute atomic E-state index is 11.8. The number of hydrogen-bond donors (Lipinski definition) is 3. The van der Waals surface area contributed by atoms with Gasteiger partial charge in [0, 0.05) is 35.2 Å². The minimum atomic E-state index is -0.240. The van der Waals surface area contributed by atoms with Gasteiger partial charge in [0.2, 0.25) is 5.91 Å². The summed E-state index contributed by atoms with van der Waals surface area (Å²) in [4.78, 5) is 23.2. The number of nitrogens with one attached hydrogen (secondary N) is 2. The van der Waals surface area contributed by atoms with Gasteiger partial charge in [-0.25, -0.2) is 0 Å². The van der Waals surface area contributed by atoms with Crippen molar-refractivity contribution in [2.45, 2.75) is 19.8 Å². The van der Waals surface area contributed by atoms with Crippen LogP contribution in [0.5, 0.6) is 0 Å². The number of rotatable bonds is 6. The quantitative estimate of drug-likeness (QED) is 0.695. The van der Waals surface area contributed by atoms with Crippen LogP contribution in [-0.4, -0.2) is 24.9 Å². The molecule has 0 atom stereocenters. The van der Waals surface area contributed by atoms with Gasteiger partial charge in [0.1, 0.15) is 0 Å². The van der Waals surface area contributed by atoms with E-state index in [9.17, 15) is 9.59 Å². The van der Waals surface area contributed by atoms with Gasteiger partial charge in [-0.05, 0) is 24.6 Å². The molecule has 1 rings (SSSR count). The van der Waals surface area contributed by atoms with Crippen molar-refractivity contribution in [1.82, 2.24) is 10.6 Å². The zero-order chi connectivity index (χ0) is 14.3. The van der Waals surface area contributed by atoms with Crippen molar-refractivity contribution < 1.29 is 9.59 Å². The van der Waals surface area contributed by atoms with Gasteiger partial charge in [-0.1, -0.05) is 22.9 Å². The highest BCUT2D eigenvalue weighted by atomic mass is 79.9. The maximum Gasteiger partial charge on any atom is 0.251 e. The molecule has 0 aliphatic heterocycles. The van der Waals surface area contributed by atoms with Crippen LogP contribution in [0.1, 0.15) is 30.1 Å². The molecule has 0 saturated heterocycles. The van der Waals surface area contributed by atoms with E-state index < -0.39 is 0 Å². The summed E-state index contributed by atoms with van der Waals surface area (Å²) in [6, 6.07) is 5.00. The Kier molecular flexibility index (Phi) is 6.35. The van der Waals surface area contributed by atoms with Crippen LogP contribution in [0, 0.1) is 0 Å². The van der Waals surface area contributed by atoms with Crippen LogP contribution in [0.3, 0.4) is 0 Å². The van der Waals surface area contributed by atoms with Crippen molar-refractivity contribution in [3.63, 3.8) is 0 Å². The van der Waals surface area contributed by atoms with E-state index in [1.165, 1.54) is 0 Å². The first kappa shape index (κ1) is 15.5. The first-order valence-electron chi connectivity index (χ1n) is 6.14. The Hall–Kier alpha value is -1.56. The maximum atomic E-state index is 11.8. The summed E-state index contributed by atoms with van der Waals surface area (Å²) in [5, 5.41) is 5.43. The van der Waals surface area contributed by atoms with Gasteiger partial charge < -0.3 is 16.4 Å². The lowest BCUT2D eigenvalue weighted by atomic mass is 10.2. The minimum absolute atomic E-state index is 0.0593. The number of benzene rings is 1. The molecule has 0 radical (unpaired) electrons. The standard InChI is InChI=1S/C13H18BrN3O2/c1-2-4-16-12(18)3-5-17-13(19)9-6-10(14)8-11(15)7-9/h6-8H,2-5,15H2,1H3,(H,16,18)(H,17,19). The first-order valence-corrected chi connectivity index (χ1v) is 6.93. The molecular formula is C13H18BrN3O2. The lowest BCUT2D eigenvalue weighted by Gasteiger charge is -2.07. The van der Waals surface area contributed by atoms with Crippen LogP contribution in [0.25, 0.3) is 0 Å². The van der Waals surface area contributed by atoms with Crippen LogP contribution in [-0.2, 0) is 4.79 Å². The molecule has 0 aliphatic rings. The van der Waals surface area contributed by atoms with Gasteiger partial charge in [0.15, 0.2) is 0 Å². The Morgan fingerprint density at radius 3 is 2.58 bits per heavy atom. The van der Waals surface area contributed by atoms with E-state index in [1.54, 1.807) is 18.2 Å². The molecule has 5 nitrogen and oxygen atoms in total. The molecule has 0 spiro atoms. The fourth-order valence-electron chi connectivity index (χ4n) is 1.49. The average Bonchev–Trinajstić information content (AvgIpc) is 2.35. The monoisotopic (exact) mass is 327 g/mol. The van der Waals surface area contributed by atoms with Crippen molar-refractivity contribution in [1.29, 1.82) is 0 Å². The predicted molar refractivity (Wildman–Crippen MR) is 78.8 cm³/mol. The second-order valence-electron chi connectivity index (χ2n) is 4.13. The van der Waals surface area contributed by atoms with Crippen LogP contribution < -0.4 is 16.4 Å². The van der Waals surface area contributed by atoms with E-state index in [2.05, 4.69) is 26.6 Å². The van der Waals surface area contributed by atoms with E-state index in [4.69, 9.17) is 5.73 Å². The molecule has 6 heteroatoms. The van der Waals surface area contributed by atoms with Crippen LogP contribution >= 0.6 is 15.9 Å². The highest BCUT2D eigenvalue weighted by molar-refractivity contribution is 9.10. The Labute approximate surface area is 121 Å². The second-order valence-corrected chi connectivity index (χ2v) is 5.04. The number of carbonyl (C=O) groups excluding carboxylic acids is 2. The molecule has 104 valence electrons. The van der Waals surface area contributed by atoms with E-state index in [0.717, 1.165) is 10.9 Å². The highest BCUT2D eigenvalue weighted by Gasteiger charge is 2.08. The number of halogens is 1. The predicted octanol–water partition coefficient (Wildman–Crippen LogP) is 1.68. The fourth-order valence-corrected chi connectivity index (χ4v) is 2.00. The van der Waals surface area contributed by atoms with Crippen molar-refractivity contribution in [3.05, 3.63) is 28.2 Å². The normalized spacial score (nSPS) is 10.0. The zero-order valence-electron chi connectivity index (χ0n) is 10.8. The van der Waals surface area contributed by atoms with Crippen molar-refractivity contribution >= 4 is 33.4 Å². The number of hydrogen-bond acceptors (Lipinski definition) is 3. The Morgan fingerprint density at radius 2 is 1.95 bits per heavy atom. The molecule has 1 aromatic rings. The fraction of sp³-hybridized carbons (Fsp3) is 0.385. The molecule has 19 heavy (non-hydrogen) atoms. The molecule has 0 unspecified atom stereocenters. The lowest BCUT2D eigenvalue weighted by Crippen LogP contribution is -2.31. The van der Waals surface area contributed by atoms with E-state index in [-0.39, 0.29) is 18.2 Å². The summed E-state index contributed by atoms with van der Waals surface area (Å²) in [5.74, 6) is -0.299. The summed E-state index contributed by atoms with van der Waals surface area (Å²) in [5.41, 5.74) is 6.64. The number of carbonyl (C=O) groups is 2. The van der Waals surface area contributed by atoms with Gasteiger partial charge in [0.05, 0.1) is 0 Å². The third-order valence-corrected chi connectivity index (χ3v) is 2.85. The van der Waals surface area contributed by atoms with E-state index >= 15 is 0 Å². The third-order valence-electron chi connectivity index (χ3n) is 2.39. The topological polar surface area (TPSA) is 84.2 Å². The smallest absolute Gasteiger partial charge is 0.251 e. The Morgan fingerprint density at radius 1 is 1.21 bits per heavy atom. The molecule has 0 heterocycles. The first-order chi connectivity index (χ1) is 9.02. The molecule has 0 aliphatic carbocycles. The molecule has 4 N–H and O–H groups in total. The highest BCUT2D eigenvalue weighted by Crippen LogP contribution is 2.17. The van der Waals surface area contributed by atoms with Crippen LogP contribution in [0.15, 0.2) is 22.7 Å². The third kappa shape index (κ3) is 5.74. The number of nitrogen functional groups attached to an aromatic ring is 1. The average molecular weight is 328 g/mol. The van der Waals surface area contributed by atoms with Gasteiger partial charge in [0.25, 0.3) is 5.91 Å². The largest absolute Gasteiger partial charge is 0.399 e. The molecule has 0 fully saturated rings. The van der Waals surface area contributed by atoms with Gasteiger partial charge in [-0.3, -0.25) is 9.59 Å². The summed E-state index contributed by atoms with van der Waals surface area (Å²) in [6.45, 7) is 2.95. The molecule has 0 bridgehead atoms. The van der Waals surface area contributed by atoms with E-state index in [1.807, 2.05) is 6.92 Å². The van der Waals surface area contributed by atoms with Gasteiger partial charge in [-0.15, -0.1) is 0 Å². The lowest BCUT2D eigenvalue weighted by molar-refractivity contribution is -0.120. The van der Waals surface area contributed by atoms with E-state index in [0.29, 0.717) is 24.3 Å². The summed E-state index contributed by atoms with van der Waals surface area (Å²) >= 11 is 3.28. The molecule has 0 aromatic heterocycles. The van der Waals surface area contributed by atoms with Crippen molar-refractivity contribution in [2.75, 3.05) is 18.8 Å². The van der Waals surface area contributed by atoms with Gasteiger partial charge >= 0.3 is 0 Å². The molecule has 0 saturated carbocycles. The zero-order valence-corrected chi connectivity index (χ0v) is 12.4. The van der Waals surface area contributed by atoms with Crippen LogP contribution in [0.4, 0.5) is 5.69 Å². The summed E-state index contributed by atoms with van der Waals surface area (Å²) in [6.07, 6.45) is 1.17. The summed E-state index contributed by atoms with van der Waals surface area (Å²) < 4.78 is 0.748. The minimum Gasteiger partial charge on any atom is -0.399 e. The summed E-state index contributed by atoms with van der Waals surface area (Å²) in [7, 11) is 0. The van der Waals surface area contributed by atoms with Crippen molar-refractivity contribution in [2.24, 2.45) is 0 Å². The Bertz CT molecular complexity index is 443. The SMILES string of the molecule is CCCNC(=O)CCNC(=O)c1cc(N)cc(Br)c1. The van der Waals surface area contributed by atoms with Gasteiger partial charge in [-0.2, -0.15) is 0 Å². The van der Waals surface area contributed by atoms with Crippen LogP contribution in [0.2, 0.25) is 0 Å².